The van der Waals surface area contributed by atoms with Crippen LogP contribution < -0.4 is 0 Å². The van der Waals surface area contributed by atoms with Crippen molar-refractivity contribution in [2.75, 3.05) is 0 Å². The van der Waals surface area contributed by atoms with E-state index in [1.165, 1.54) is 0 Å². The Morgan fingerprint density at radius 2 is 0.530 bits per heavy atom. The minimum atomic E-state index is 0.844. The van der Waals surface area contributed by atoms with E-state index in [0.29, 0.717) is 0 Å². The predicted octanol–water partition coefficient (Wildman–Crippen LogP) is 18.3. The van der Waals surface area contributed by atoms with Crippen LogP contribution in [0.25, 0.3) is 154 Å². The van der Waals surface area contributed by atoms with Gasteiger partial charge in [0.05, 0.1) is 0 Å². The molecular formula is C62H34O4. The lowest BCUT2D eigenvalue weighted by molar-refractivity contribution is 0.668. The summed E-state index contributed by atoms with van der Waals surface area (Å²) in [7, 11) is 0. The maximum Gasteiger partial charge on any atom is 0.143 e. The van der Waals surface area contributed by atoms with Gasteiger partial charge >= 0.3 is 0 Å². The number of hydrogen-bond donors (Lipinski definition) is 0. The van der Waals surface area contributed by atoms with Crippen LogP contribution in [0.15, 0.2) is 224 Å². The van der Waals surface area contributed by atoms with Crippen molar-refractivity contribution in [2.24, 2.45) is 0 Å². The lowest BCUT2D eigenvalue weighted by atomic mass is 9.83. The molecule has 66 heavy (non-hydrogen) atoms. The van der Waals surface area contributed by atoms with Gasteiger partial charge in [-0.25, -0.2) is 0 Å². The first-order valence-corrected chi connectivity index (χ1v) is 22.4. The summed E-state index contributed by atoms with van der Waals surface area (Å²) in [6, 6.07) is 72.9. The average molecular weight is 843 g/mol. The van der Waals surface area contributed by atoms with Gasteiger partial charge in [-0.2, -0.15) is 0 Å². The largest absolute Gasteiger partial charge is 0.456 e. The van der Waals surface area contributed by atoms with E-state index in [1.807, 2.05) is 30.3 Å². The smallest absolute Gasteiger partial charge is 0.143 e. The Bertz CT molecular complexity index is 4480. The Balaban J connectivity index is 1.02. The van der Waals surface area contributed by atoms with Gasteiger partial charge in [0.15, 0.2) is 0 Å². The summed E-state index contributed by atoms with van der Waals surface area (Å²) >= 11 is 0. The number of hydrogen-bond acceptors (Lipinski definition) is 4. The number of benzene rings is 11. The molecule has 0 aliphatic heterocycles. The predicted molar refractivity (Wildman–Crippen MR) is 272 cm³/mol. The van der Waals surface area contributed by atoms with Gasteiger partial charge < -0.3 is 17.7 Å². The molecule has 0 bridgehead atoms. The van der Waals surface area contributed by atoms with Crippen LogP contribution in [-0.2, 0) is 0 Å². The molecule has 11 aromatic carbocycles. The van der Waals surface area contributed by atoms with Gasteiger partial charge in [0.2, 0.25) is 0 Å². The second-order valence-corrected chi connectivity index (χ2v) is 17.3. The molecule has 0 radical (unpaired) electrons. The number of para-hydroxylation sites is 5. The summed E-state index contributed by atoms with van der Waals surface area (Å²) in [5.41, 5.74) is 15.5. The van der Waals surface area contributed by atoms with Crippen molar-refractivity contribution in [3.63, 3.8) is 0 Å². The fourth-order valence-electron chi connectivity index (χ4n) is 11.2. The SMILES string of the molecule is c1ccc2c(c1)oc1c(-c3ccc(-c4c5ccccc5c(-c5ccc(-c6cccc7oc8ccccc8c67)c6oc7ccccc7c56)c5ccccc45)c4oc5ccccc5c34)cccc12. The van der Waals surface area contributed by atoms with Crippen molar-refractivity contribution in [3.8, 4) is 44.5 Å². The third-order valence-electron chi connectivity index (χ3n) is 13.9. The maximum absolute atomic E-state index is 7.04. The van der Waals surface area contributed by atoms with Gasteiger partial charge in [-0.15, -0.1) is 0 Å². The molecule has 0 fully saturated rings. The molecular weight excluding hydrogens is 809 g/mol. The molecule has 4 heteroatoms. The molecule has 0 saturated heterocycles. The number of fused-ring (bicyclic) bond motifs is 14. The molecule has 15 aromatic rings. The van der Waals surface area contributed by atoms with Crippen molar-refractivity contribution in [1.82, 2.24) is 0 Å². The highest BCUT2D eigenvalue weighted by Gasteiger charge is 2.26. The zero-order valence-electron chi connectivity index (χ0n) is 35.3. The minimum Gasteiger partial charge on any atom is -0.456 e. The molecule has 0 atom stereocenters. The summed E-state index contributed by atoms with van der Waals surface area (Å²) in [6.07, 6.45) is 0. The van der Waals surface area contributed by atoms with Gasteiger partial charge in [0, 0.05) is 65.3 Å². The highest BCUT2D eigenvalue weighted by molar-refractivity contribution is 6.30. The Labute approximate surface area is 376 Å². The number of rotatable bonds is 4. The highest BCUT2D eigenvalue weighted by atomic mass is 16.3. The molecule has 0 aliphatic carbocycles. The van der Waals surface area contributed by atoms with E-state index in [0.717, 1.165) is 154 Å². The quantitative estimate of drug-likeness (QED) is 0.166. The second kappa shape index (κ2) is 13.3. The molecule has 0 aliphatic rings. The average Bonchev–Trinajstić information content (AvgIpc) is 4.16. The Kier molecular flexibility index (Phi) is 7.19. The lowest BCUT2D eigenvalue weighted by Gasteiger charge is -2.19. The molecule has 0 spiro atoms. The Hall–Kier alpha value is -8.86. The highest BCUT2D eigenvalue weighted by Crippen LogP contribution is 2.52. The van der Waals surface area contributed by atoms with Crippen molar-refractivity contribution in [1.29, 1.82) is 0 Å². The Morgan fingerprint density at radius 1 is 0.182 bits per heavy atom. The zero-order chi connectivity index (χ0) is 43.0. The third-order valence-corrected chi connectivity index (χ3v) is 13.9. The van der Waals surface area contributed by atoms with Crippen LogP contribution in [0.4, 0.5) is 0 Å². The first kappa shape index (κ1) is 35.6. The van der Waals surface area contributed by atoms with E-state index in [9.17, 15) is 0 Å². The third kappa shape index (κ3) is 4.82. The molecule has 0 unspecified atom stereocenters. The van der Waals surface area contributed by atoms with E-state index >= 15 is 0 Å². The van der Waals surface area contributed by atoms with E-state index in [4.69, 9.17) is 17.7 Å². The van der Waals surface area contributed by atoms with E-state index in [1.54, 1.807) is 0 Å². The fourth-order valence-corrected chi connectivity index (χ4v) is 11.2. The van der Waals surface area contributed by atoms with Crippen molar-refractivity contribution in [2.45, 2.75) is 0 Å². The normalized spacial score (nSPS) is 12.2. The first-order valence-electron chi connectivity index (χ1n) is 22.4. The molecule has 15 rings (SSSR count). The summed E-state index contributed by atoms with van der Waals surface area (Å²) in [5.74, 6) is 0. The maximum atomic E-state index is 7.04. The van der Waals surface area contributed by atoms with Gasteiger partial charge in [-0.05, 0) is 86.3 Å². The van der Waals surface area contributed by atoms with Crippen LogP contribution in [0, 0.1) is 0 Å². The monoisotopic (exact) mass is 842 g/mol. The van der Waals surface area contributed by atoms with Gasteiger partial charge in [-0.3, -0.25) is 0 Å². The molecule has 0 saturated carbocycles. The van der Waals surface area contributed by atoms with E-state index < -0.39 is 0 Å². The van der Waals surface area contributed by atoms with Crippen LogP contribution in [-0.4, -0.2) is 0 Å². The Morgan fingerprint density at radius 3 is 1.17 bits per heavy atom. The standard InChI is InChI=1S/C62H34O4/c1-3-18-38-36(16-1)55(48-33-32-44(61-59(48)47-22-8-12-29-53(47)65-61)40-23-14-30-54-57(40)45-20-6-10-27-51(45)63-54)37-17-2-4-19-39(37)56(38)49-34-31-41(58-46-21-7-11-28-52(46)66-62(49)58)43-25-13-24-42-35-15-5-9-26-50(35)64-60(42)43/h1-34H. The summed E-state index contributed by atoms with van der Waals surface area (Å²) in [6.45, 7) is 0. The van der Waals surface area contributed by atoms with Crippen molar-refractivity contribution >= 4 is 109 Å². The lowest BCUT2D eigenvalue weighted by Crippen LogP contribution is -1.93. The zero-order valence-corrected chi connectivity index (χ0v) is 35.3. The van der Waals surface area contributed by atoms with Crippen LogP contribution in [0.3, 0.4) is 0 Å². The number of furan rings is 4. The molecule has 306 valence electrons. The fraction of sp³-hybridized carbons (Fsp3) is 0. The topological polar surface area (TPSA) is 52.6 Å². The van der Waals surface area contributed by atoms with Crippen molar-refractivity contribution < 1.29 is 17.7 Å². The minimum absolute atomic E-state index is 0.844. The van der Waals surface area contributed by atoms with Crippen LogP contribution >= 0.6 is 0 Å². The molecule has 4 nitrogen and oxygen atoms in total. The van der Waals surface area contributed by atoms with Gasteiger partial charge in [-0.1, -0.05) is 164 Å². The molecule has 4 heterocycles. The van der Waals surface area contributed by atoms with Gasteiger partial charge in [0.25, 0.3) is 0 Å². The molecule has 4 aromatic heterocycles. The molecule has 0 N–H and O–H groups in total. The summed E-state index contributed by atoms with van der Waals surface area (Å²) < 4.78 is 27.0. The van der Waals surface area contributed by atoms with Crippen LogP contribution in [0.2, 0.25) is 0 Å². The van der Waals surface area contributed by atoms with E-state index in [-0.39, 0.29) is 0 Å². The van der Waals surface area contributed by atoms with Crippen LogP contribution in [0.1, 0.15) is 0 Å². The van der Waals surface area contributed by atoms with E-state index in [2.05, 4.69) is 176 Å². The van der Waals surface area contributed by atoms with Gasteiger partial charge in [0.1, 0.15) is 44.7 Å². The first-order chi connectivity index (χ1) is 32.8. The summed E-state index contributed by atoms with van der Waals surface area (Å²) in [5, 5.41) is 13.2. The second-order valence-electron chi connectivity index (χ2n) is 17.3. The summed E-state index contributed by atoms with van der Waals surface area (Å²) in [4.78, 5) is 0. The van der Waals surface area contributed by atoms with Crippen LogP contribution in [0.5, 0.6) is 0 Å². The molecule has 0 amide bonds. The van der Waals surface area contributed by atoms with Crippen molar-refractivity contribution in [3.05, 3.63) is 206 Å².